The minimum absolute atomic E-state index is 0.213. The predicted octanol–water partition coefficient (Wildman–Crippen LogP) is 0.145. The molecule has 0 saturated heterocycles. The van der Waals surface area contributed by atoms with Gasteiger partial charge in [-0.25, -0.2) is 4.79 Å². The summed E-state index contributed by atoms with van der Waals surface area (Å²) in [7, 11) is -2.81. The lowest BCUT2D eigenvalue weighted by Crippen LogP contribution is -2.03. The van der Waals surface area contributed by atoms with Gasteiger partial charge in [0.2, 0.25) is 0 Å². The summed E-state index contributed by atoms with van der Waals surface area (Å²) in [5.41, 5.74) is 0.549. The summed E-state index contributed by atoms with van der Waals surface area (Å²) in [5.74, 6) is 0. The third-order valence-corrected chi connectivity index (χ3v) is 3.06. The molecule has 0 atom stereocenters. The van der Waals surface area contributed by atoms with Gasteiger partial charge in [0, 0.05) is 7.05 Å². The van der Waals surface area contributed by atoms with Gasteiger partial charge in [-0.05, 0) is 12.1 Å². The average Bonchev–Trinajstić information content (AvgIpc) is 2.53. The SMILES string of the molecule is CNc1cc2[nH]c(=O)[nH]c2cc1S(=O)(=O)O. The summed E-state index contributed by atoms with van der Waals surface area (Å²) in [5, 5.41) is 2.63. The molecule has 8 heteroatoms. The van der Waals surface area contributed by atoms with Crippen molar-refractivity contribution in [3.8, 4) is 0 Å². The van der Waals surface area contributed by atoms with Gasteiger partial charge in [0.25, 0.3) is 10.1 Å². The highest BCUT2D eigenvalue weighted by Crippen LogP contribution is 2.24. The highest BCUT2D eigenvalue weighted by atomic mass is 32.2. The molecular formula is C8H9N3O4S. The summed E-state index contributed by atoms with van der Waals surface area (Å²) in [6.07, 6.45) is 0. The summed E-state index contributed by atoms with van der Waals surface area (Å²) in [4.78, 5) is 15.6. The van der Waals surface area contributed by atoms with E-state index in [0.717, 1.165) is 0 Å². The lowest BCUT2D eigenvalue weighted by molar-refractivity contribution is 0.483. The van der Waals surface area contributed by atoms with Crippen LogP contribution in [-0.4, -0.2) is 30.0 Å². The maximum Gasteiger partial charge on any atom is 0.323 e. The zero-order chi connectivity index (χ0) is 11.9. The quantitative estimate of drug-likeness (QED) is 0.560. The summed E-state index contributed by atoms with van der Waals surface area (Å²) >= 11 is 0. The largest absolute Gasteiger partial charge is 0.387 e. The lowest BCUT2D eigenvalue weighted by Gasteiger charge is -2.05. The third-order valence-electron chi connectivity index (χ3n) is 2.16. The normalized spacial score (nSPS) is 11.9. The predicted molar refractivity (Wildman–Crippen MR) is 58.3 cm³/mol. The Balaban J connectivity index is 2.87. The van der Waals surface area contributed by atoms with Crippen molar-refractivity contribution in [3.05, 3.63) is 22.6 Å². The second-order valence-corrected chi connectivity index (χ2v) is 4.59. The molecule has 16 heavy (non-hydrogen) atoms. The number of aromatic nitrogens is 2. The second kappa shape index (κ2) is 3.35. The minimum atomic E-state index is -4.33. The fourth-order valence-electron chi connectivity index (χ4n) is 1.47. The van der Waals surface area contributed by atoms with Crippen molar-refractivity contribution in [2.24, 2.45) is 0 Å². The molecule has 1 heterocycles. The van der Waals surface area contributed by atoms with Gasteiger partial charge in [-0.15, -0.1) is 0 Å². The van der Waals surface area contributed by atoms with Crippen LogP contribution in [0.5, 0.6) is 0 Å². The van der Waals surface area contributed by atoms with E-state index in [2.05, 4.69) is 15.3 Å². The Morgan fingerprint density at radius 1 is 1.25 bits per heavy atom. The van der Waals surface area contributed by atoms with Crippen LogP contribution in [0, 0.1) is 0 Å². The number of imidazole rings is 1. The van der Waals surface area contributed by atoms with E-state index in [4.69, 9.17) is 4.55 Å². The molecule has 0 bridgehead atoms. The van der Waals surface area contributed by atoms with Crippen LogP contribution in [0.25, 0.3) is 11.0 Å². The highest BCUT2D eigenvalue weighted by molar-refractivity contribution is 7.86. The highest BCUT2D eigenvalue weighted by Gasteiger charge is 2.16. The molecule has 0 spiro atoms. The number of fused-ring (bicyclic) bond motifs is 1. The van der Waals surface area contributed by atoms with Crippen molar-refractivity contribution in [1.82, 2.24) is 9.97 Å². The van der Waals surface area contributed by atoms with E-state index < -0.39 is 15.8 Å². The van der Waals surface area contributed by atoms with Gasteiger partial charge in [-0.2, -0.15) is 8.42 Å². The van der Waals surface area contributed by atoms with Crippen molar-refractivity contribution >= 4 is 26.8 Å². The molecule has 2 aromatic rings. The Kier molecular flexibility index (Phi) is 2.25. The fraction of sp³-hybridized carbons (Fsp3) is 0.125. The first-order valence-corrected chi connectivity index (χ1v) is 5.77. The van der Waals surface area contributed by atoms with Gasteiger partial charge in [0.05, 0.1) is 16.7 Å². The van der Waals surface area contributed by atoms with Gasteiger partial charge in [-0.3, -0.25) is 4.55 Å². The lowest BCUT2D eigenvalue weighted by atomic mass is 10.3. The van der Waals surface area contributed by atoms with Crippen LogP contribution in [0.4, 0.5) is 5.69 Å². The molecule has 1 aromatic carbocycles. The van der Waals surface area contributed by atoms with Crippen LogP contribution in [0.3, 0.4) is 0 Å². The van der Waals surface area contributed by atoms with E-state index in [0.29, 0.717) is 11.0 Å². The monoisotopic (exact) mass is 243 g/mol. The Morgan fingerprint density at radius 2 is 1.81 bits per heavy atom. The maximum absolute atomic E-state index is 11.1. The fourth-order valence-corrected chi connectivity index (χ4v) is 2.18. The molecule has 0 aliphatic heterocycles. The van der Waals surface area contributed by atoms with E-state index >= 15 is 0 Å². The zero-order valence-corrected chi connectivity index (χ0v) is 9.05. The first kappa shape index (κ1) is 10.7. The molecule has 0 radical (unpaired) electrons. The van der Waals surface area contributed by atoms with E-state index in [-0.39, 0.29) is 10.6 Å². The first-order valence-electron chi connectivity index (χ1n) is 4.33. The Bertz CT molecular complexity index is 698. The molecule has 0 saturated carbocycles. The number of hydrogen-bond acceptors (Lipinski definition) is 4. The van der Waals surface area contributed by atoms with Crippen molar-refractivity contribution < 1.29 is 13.0 Å². The van der Waals surface area contributed by atoms with Crippen molar-refractivity contribution in [3.63, 3.8) is 0 Å². The smallest absolute Gasteiger partial charge is 0.323 e. The number of rotatable bonds is 2. The minimum Gasteiger partial charge on any atom is -0.387 e. The molecule has 1 aromatic heterocycles. The van der Waals surface area contributed by atoms with Crippen LogP contribution >= 0.6 is 0 Å². The molecule has 0 amide bonds. The standard InChI is InChI=1S/C8H9N3O4S/c1-9-6-2-4-5(11-8(12)10-4)3-7(6)16(13,14)15/h2-3,9H,1H3,(H2,10,11,12)(H,13,14,15). The van der Waals surface area contributed by atoms with Gasteiger partial charge in [0.1, 0.15) is 4.90 Å². The summed E-state index contributed by atoms with van der Waals surface area (Å²) in [6.45, 7) is 0. The van der Waals surface area contributed by atoms with Crippen molar-refractivity contribution in [2.45, 2.75) is 4.90 Å². The third kappa shape index (κ3) is 1.68. The van der Waals surface area contributed by atoms with Crippen LogP contribution in [0.15, 0.2) is 21.8 Å². The second-order valence-electron chi connectivity index (χ2n) is 3.20. The van der Waals surface area contributed by atoms with E-state index in [9.17, 15) is 13.2 Å². The van der Waals surface area contributed by atoms with E-state index in [1.807, 2.05) is 0 Å². The van der Waals surface area contributed by atoms with Gasteiger partial charge >= 0.3 is 5.69 Å². The van der Waals surface area contributed by atoms with Gasteiger partial charge < -0.3 is 15.3 Å². The van der Waals surface area contributed by atoms with Gasteiger partial charge in [-0.1, -0.05) is 0 Å². The molecule has 7 nitrogen and oxygen atoms in total. The number of anilines is 1. The van der Waals surface area contributed by atoms with Crippen LogP contribution in [0.1, 0.15) is 0 Å². The molecule has 0 aliphatic rings. The van der Waals surface area contributed by atoms with Crippen molar-refractivity contribution in [2.75, 3.05) is 12.4 Å². The number of aromatic amines is 2. The summed E-state index contributed by atoms with van der Waals surface area (Å²) in [6, 6.07) is 2.62. The van der Waals surface area contributed by atoms with E-state index in [1.165, 1.54) is 19.2 Å². The zero-order valence-electron chi connectivity index (χ0n) is 8.23. The Labute approximate surface area is 90.2 Å². The number of nitrogens with one attached hydrogen (secondary N) is 3. The number of H-pyrrole nitrogens is 2. The first-order chi connectivity index (χ1) is 7.41. The molecule has 0 aliphatic carbocycles. The van der Waals surface area contributed by atoms with Crippen molar-refractivity contribution in [1.29, 1.82) is 0 Å². The van der Waals surface area contributed by atoms with Gasteiger partial charge in [0.15, 0.2) is 0 Å². The Morgan fingerprint density at radius 3 is 2.31 bits per heavy atom. The van der Waals surface area contributed by atoms with Crippen LogP contribution < -0.4 is 11.0 Å². The van der Waals surface area contributed by atoms with Crippen LogP contribution in [0.2, 0.25) is 0 Å². The molecule has 4 N–H and O–H groups in total. The topological polar surface area (TPSA) is 115 Å². The molecule has 86 valence electrons. The molecular weight excluding hydrogens is 234 g/mol. The van der Waals surface area contributed by atoms with E-state index in [1.54, 1.807) is 0 Å². The average molecular weight is 243 g/mol. The Hall–Kier alpha value is -1.80. The maximum atomic E-state index is 11.1. The molecule has 2 rings (SSSR count). The number of hydrogen-bond donors (Lipinski definition) is 4. The molecule has 0 unspecified atom stereocenters. The molecule has 0 fully saturated rings. The van der Waals surface area contributed by atoms with Crippen LogP contribution in [-0.2, 0) is 10.1 Å². The number of benzene rings is 1. The summed E-state index contributed by atoms with van der Waals surface area (Å²) < 4.78 is 31.2.